The van der Waals surface area contributed by atoms with Crippen molar-refractivity contribution in [1.29, 1.82) is 0 Å². The molecule has 7 aromatic carbocycles. The molecule has 0 aliphatic heterocycles. The Hall–Kier alpha value is -6.13. The van der Waals surface area contributed by atoms with Gasteiger partial charge >= 0.3 is 0 Å². The predicted molar refractivity (Wildman–Crippen MR) is 184 cm³/mol. The Labute approximate surface area is 259 Å². The van der Waals surface area contributed by atoms with Crippen molar-refractivity contribution in [3.8, 4) is 45.3 Å². The number of hydrogen-bond donors (Lipinski definition) is 0. The van der Waals surface area contributed by atoms with Gasteiger partial charge in [-0.2, -0.15) is 0 Å². The lowest BCUT2D eigenvalue weighted by Gasteiger charge is -2.10. The Kier molecular flexibility index (Phi) is 5.78. The minimum absolute atomic E-state index is 0.611. The SMILES string of the molecule is c1ccc(-c2ccc3cc(-c4nc(-c5ccccc5)nc(-c5cccc6oc7cc8ccccc8cc7c56)n4)ccc3c2)cc1. The molecule has 2 aromatic heterocycles. The molecular weight excluding hydrogens is 550 g/mol. The van der Waals surface area contributed by atoms with Gasteiger partial charge in [0.15, 0.2) is 17.5 Å². The maximum Gasteiger partial charge on any atom is 0.164 e. The number of fused-ring (bicyclic) bond motifs is 5. The number of hydrogen-bond acceptors (Lipinski definition) is 4. The zero-order valence-corrected chi connectivity index (χ0v) is 24.2. The van der Waals surface area contributed by atoms with Crippen LogP contribution in [0.2, 0.25) is 0 Å². The first-order valence-corrected chi connectivity index (χ1v) is 15.0. The Bertz CT molecular complexity index is 2540. The number of rotatable bonds is 4. The highest BCUT2D eigenvalue weighted by atomic mass is 16.3. The molecule has 0 amide bonds. The Morgan fingerprint density at radius 3 is 1.69 bits per heavy atom. The van der Waals surface area contributed by atoms with Crippen LogP contribution in [0, 0.1) is 0 Å². The summed E-state index contributed by atoms with van der Waals surface area (Å²) in [7, 11) is 0. The highest BCUT2D eigenvalue weighted by Gasteiger charge is 2.18. The molecule has 2 heterocycles. The van der Waals surface area contributed by atoms with Crippen LogP contribution in [0.5, 0.6) is 0 Å². The fraction of sp³-hybridized carbons (Fsp3) is 0. The van der Waals surface area contributed by atoms with Crippen molar-refractivity contribution >= 4 is 43.5 Å². The van der Waals surface area contributed by atoms with Crippen LogP contribution >= 0.6 is 0 Å². The van der Waals surface area contributed by atoms with Gasteiger partial charge in [-0.25, -0.2) is 15.0 Å². The molecule has 0 unspecified atom stereocenters. The van der Waals surface area contributed by atoms with Crippen LogP contribution in [0.1, 0.15) is 0 Å². The van der Waals surface area contributed by atoms with Gasteiger partial charge in [0.2, 0.25) is 0 Å². The molecule has 0 N–H and O–H groups in total. The molecule has 45 heavy (non-hydrogen) atoms. The monoisotopic (exact) mass is 575 g/mol. The number of furan rings is 1. The fourth-order valence-electron chi connectivity index (χ4n) is 6.23. The van der Waals surface area contributed by atoms with E-state index in [4.69, 9.17) is 19.4 Å². The highest BCUT2D eigenvalue weighted by molar-refractivity contribution is 6.15. The first-order chi connectivity index (χ1) is 22.3. The van der Waals surface area contributed by atoms with Crippen LogP contribution in [0.15, 0.2) is 156 Å². The topological polar surface area (TPSA) is 51.8 Å². The van der Waals surface area contributed by atoms with Crippen molar-refractivity contribution in [2.75, 3.05) is 0 Å². The van der Waals surface area contributed by atoms with E-state index in [9.17, 15) is 0 Å². The molecule has 0 aliphatic carbocycles. The molecule has 4 nitrogen and oxygen atoms in total. The Morgan fingerprint density at radius 2 is 0.933 bits per heavy atom. The summed E-state index contributed by atoms with van der Waals surface area (Å²) in [5, 5.41) is 6.65. The van der Waals surface area contributed by atoms with Crippen LogP contribution in [0.3, 0.4) is 0 Å². The smallest absolute Gasteiger partial charge is 0.164 e. The third-order valence-corrected chi connectivity index (χ3v) is 8.48. The second kappa shape index (κ2) is 10.2. The molecule has 210 valence electrons. The Balaban J connectivity index is 1.24. The van der Waals surface area contributed by atoms with Crippen molar-refractivity contribution in [2.24, 2.45) is 0 Å². The largest absolute Gasteiger partial charge is 0.456 e. The van der Waals surface area contributed by atoms with Crippen molar-refractivity contribution in [2.45, 2.75) is 0 Å². The van der Waals surface area contributed by atoms with Gasteiger partial charge in [0.05, 0.1) is 0 Å². The molecule has 9 rings (SSSR count). The summed E-state index contributed by atoms with van der Waals surface area (Å²) < 4.78 is 6.37. The van der Waals surface area contributed by atoms with Crippen molar-refractivity contribution in [1.82, 2.24) is 15.0 Å². The average Bonchev–Trinajstić information content (AvgIpc) is 3.48. The van der Waals surface area contributed by atoms with E-state index in [2.05, 4.69) is 103 Å². The molecule has 0 radical (unpaired) electrons. The molecule has 4 heteroatoms. The molecule has 0 atom stereocenters. The summed E-state index contributed by atoms with van der Waals surface area (Å²) >= 11 is 0. The summed E-state index contributed by atoms with van der Waals surface area (Å²) in [6.07, 6.45) is 0. The quantitative estimate of drug-likeness (QED) is 0.209. The number of aromatic nitrogens is 3. The lowest BCUT2D eigenvalue weighted by molar-refractivity contribution is 0.669. The summed E-state index contributed by atoms with van der Waals surface area (Å²) in [4.78, 5) is 15.1. The van der Waals surface area contributed by atoms with E-state index in [-0.39, 0.29) is 0 Å². The summed E-state index contributed by atoms with van der Waals surface area (Å²) in [5.74, 6) is 1.87. The minimum atomic E-state index is 0.611. The third-order valence-electron chi connectivity index (χ3n) is 8.48. The molecule has 0 bridgehead atoms. The zero-order chi connectivity index (χ0) is 29.7. The summed E-state index contributed by atoms with van der Waals surface area (Å²) in [6.45, 7) is 0. The zero-order valence-electron chi connectivity index (χ0n) is 24.2. The van der Waals surface area contributed by atoms with Gasteiger partial charge in [-0.05, 0) is 63.0 Å². The Morgan fingerprint density at radius 1 is 0.356 bits per heavy atom. The molecular formula is C41H25N3O. The molecule has 9 aromatic rings. The highest BCUT2D eigenvalue weighted by Crippen LogP contribution is 2.38. The summed E-state index contributed by atoms with van der Waals surface area (Å²) in [5.41, 5.74) is 6.83. The maximum atomic E-state index is 6.37. The fourth-order valence-corrected chi connectivity index (χ4v) is 6.23. The minimum Gasteiger partial charge on any atom is -0.456 e. The average molecular weight is 576 g/mol. The second-order valence-electron chi connectivity index (χ2n) is 11.3. The van der Waals surface area contributed by atoms with E-state index in [1.807, 2.05) is 48.5 Å². The van der Waals surface area contributed by atoms with Gasteiger partial charge in [0.25, 0.3) is 0 Å². The van der Waals surface area contributed by atoms with Gasteiger partial charge < -0.3 is 4.42 Å². The van der Waals surface area contributed by atoms with Crippen molar-refractivity contribution in [3.05, 3.63) is 152 Å². The van der Waals surface area contributed by atoms with Gasteiger partial charge in [-0.15, -0.1) is 0 Å². The van der Waals surface area contributed by atoms with E-state index in [0.29, 0.717) is 17.5 Å². The molecule has 0 saturated heterocycles. The van der Waals surface area contributed by atoms with E-state index in [1.54, 1.807) is 0 Å². The summed E-state index contributed by atoms with van der Waals surface area (Å²) in [6, 6.07) is 52.3. The van der Waals surface area contributed by atoms with E-state index in [1.165, 1.54) is 16.5 Å². The first kappa shape index (κ1) is 25.4. The molecule has 0 saturated carbocycles. The van der Waals surface area contributed by atoms with Crippen LogP contribution < -0.4 is 0 Å². The lowest BCUT2D eigenvalue weighted by Crippen LogP contribution is -2.00. The van der Waals surface area contributed by atoms with Gasteiger partial charge in [0, 0.05) is 27.5 Å². The van der Waals surface area contributed by atoms with E-state index >= 15 is 0 Å². The molecule has 0 spiro atoms. The molecule has 0 aliphatic rings. The second-order valence-corrected chi connectivity index (χ2v) is 11.3. The van der Waals surface area contributed by atoms with Crippen molar-refractivity contribution in [3.63, 3.8) is 0 Å². The normalized spacial score (nSPS) is 11.6. The van der Waals surface area contributed by atoms with Crippen LogP contribution in [-0.4, -0.2) is 15.0 Å². The maximum absolute atomic E-state index is 6.37. The van der Waals surface area contributed by atoms with Gasteiger partial charge in [-0.3, -0.25) is 0 Å². The van der Waals surface area contributed by atoms with Crippen LogP contribution in [-0.2, 0) is 0 Å². The van der Waals surface area contributed by atoms with Crippen LogP contribution in [0.25, 0.3) is 88.8 Å². The first-order valence-electron chi connectivity index (χ1n) is 15.0. The lowest BCUT2D eigenvalue weighted by atomic mass is 10.00. The van der Waals surface area contributed by atoms with E-state index < -0.39 is 0 Å². The third kappa shape index (κ3) is 4.43. The van der Waals surface area contributed by atoms with Crippen molar-refractivity contribution < 1.29 is 4.42 Å². The van der Waals surface area contributed by atoms with E-state index in [0.717, 1.165) is 54.8 Å². The number of benzene rings is 7. The standard InChI is InChI=1S/C41H25N3O/c1-3-10-26(11-4-1)30-18-19-32-23-33(21-20-31(32)22-30)40-42-39(27-12-5-2-6-13-27)43-41(44-40)34-16-9-17-36-38(34)35-24-28-14-7-8-15-29(28)25-37(35)45-36/h1-25H. The van der Waals surface area contributed by atoms with Crippen LogP contribution in [0.4, 0.5) is 0 Å². The van der Waals surface area contributed by atoms with Gasteiger partial charge in [0.1, 0.15) is 11.2 Å². The predicted octanol–water partition coefficient (Wildman–Crippen LogP) is 10.7. The number of nitrogens with zero attached hydrogens (tertiary/aromatic N) is 3. The molecule has 0 fully saturated rings. The van der Waals surface area contributed by atoms with Gasteiger partial charge in [-0.1, -0.05) is 121 Å².